The van der Waals surface area contributed by atoms with Gasteiger partial charge in [-0.05, 0) is 48.4 Å². The van der Waals surface area contributed by atoms with Crippen molar-refractivity contribution in [1.82, 2.24) is 10.2 Å². The molecule has 1 aliphatic rings. The maximum Gasteiger partial charge on any atom is 0.252 e. The average molecular weight is 344 g/mol. The van der Waals surface area contributed by atoms with Crippen LogP contribution in [0.1, 0.15) is 39.9 Å². The van der Waals surface area contributed by atoms with Gasteiger partial charge in [0, 0.05) is 24.5 Å². The Morgan fingerprint density at radius 1 is 1.33 bits per heavy atom. The fraction of sp³-hybridized carbons (Fsp3) is 0.421. The summed E-state index contributed by atoms with van der Waals surface area (Å²) in [5.41, 5.74) is 4.15. The lowest BCUT2D eigenvalue weighted by atomic mass is 10.1. The maximum absolute atomic E-state index is 12.3. The molecule has 1 saturated heterocycles. The number of thiophene rings is 1. The van der Waals surface area contributed by atoms with Crippen molar-refractivity contribution in [1.29, 1.82) is 0 Å². The number of carbonyl (C=O) groups is 1. The molecule has 5 heteroatoms. The zero-order chi connectivity index (χ0) is 16.9. The zero-order valence-corrected chi connectivity index (χ0v) is 14.8. The van der Waals surface area contributed by atoms with Crippen molar-refractivity contribution in [2.45, 2.75) is 38.9 Å². The number of aliphatic hydroxyl groups is 1. The van der Waals surface area contributed by atoms with Gasteiger partial charge in [-0.3, -0.25) is 9.69 Å². The number of nitrogens with zero attached hydrogens (tertiary/aromatic N) is 1. The number of hydrogen-bond donors (Lipinski definition) is 2. The lowest BCUT2D eigenvalue weighted by molar-refractivity contribution is 0.0950. The van der Waals surface area contributed by atoms with Gasteiger partial charge in [0.25, 0.3) is 5.91 Å². The predicted molar refractivity (Wildman–Crippen MR) is 97.2 cm³/mol. The highest BCUT2D eigenvalue weighted by molar-refractivity contribution is 7.08. The van der Waals surface area contributed by atoms with Crippen LogP contribution in [0.2, 0.25) is 0 Å². The number of benzene rings is 1. The van der Waals surface area contributed by atoms with Gasteiger partial charge in [0.2, 0.25) is 0 Å². The number of rotatable bonds is 6. The van der Waals surface area contributed by atoms with Crippen LogP contribution in [0.5, 0.6) is 0 Å². The number of aryl methyl sites for hydroxylation is 1. The Labute approximate surface area is 147 Å². The maximum atomic E-state index is 12.3. The van der Waals surface area contributed by atoms with E-state index in [2.05, 4.69) is 22.3 Å². The molecule has 0 radical (unpaired) electrons. The van der Waals surface area contributed by atoms with Gasteiger partial charge >= 0.3 is 0 Å². The first-order valence-corrected chi connectivity index (χ1v) is 9.36. The van der Waals surface area contributed by atoms with Crippen LogP contribution in [-0.2, 0) is 13.1 Å². The van der Waals surface area contributed by atoms with E-state index in [0.717, 1.165) is 42.6 Å². The quantitative estimate of drug-likeness (QED) is 0.847. The normalized spacial score (nSPS) is 18.0. The summed E-state index contributed by atoms with van der Waals surface area (Å²) in [5, 5.41) is 16.4. The Balaban J connectivity index is 1.66. The first-order valence-electron chi connectivity index (χ1n) is 8.41. The van der Waals surface area contributed by atoms with Crippen molar-refractivity contribution in [3.05, 3.63) is 57.3 Å². The Morgan fingerprint density at radius 2 is 2.12 bits per heavy atom. The zero-order valence-electron chi connectivity index (χ0n) is 14.0. The number of likely N-dealkylation sites (tertiary alicyclic amines) is 1. The van der Waals surface area contributed by atoms with Gasteiger partial charge in [-0.25, -0.2) is 0 Å². The highest BCUT2D eigenvalue weighted by Gasteiger charge is 2.24. The molecular formula is C19H24N2O2S. The molecule has 24 heavy (non-hydrogen) atoms. The third kappa shape index (κ3) is 3.86. The van der Waals surface area contributed by atoms with E-state index in [1.807, 2.05) is 29.8 Å². The van der Waals surface area contributed by atoms with E-state index in [1.165, 1.54) is 5.56 Å². The van der Waals surface area contributed by atoms with Crippen LogP contribution in [0.4, 0.5) is 0 Å². The molecule has 1 aliphatic heterocycles. The molecule has 0 spiro atoms. The molecule has 1 aromatic carbocycles. The second kappa shape index (κ2) is 7.92. The molecule has 1 atom stereocenters. The minimum Gasteiger partial charge on any atom is -0.395 e. The second-order valence-corrected chi connectivity index (χ2v) is 7.11. The molecular weight excluding hydrogens is 320 g/mol. The van der Waals surface area contributed by atoms with Crippen LogP contribution in [0, 0.1) is 6.92 Å². The van der Waals surface area contributed by atoms with Crippen molar-refractivity contribution >= 4 is 17.2 Å². The van der Waals surface area contributed by atoms with E-state index in [9.17, 15) is 9.90 Å². The fourth-order valence-electron chi connectivity index (χ4n) is 3.28. The molecule has 1 aromatic heterocycles. The van der Waals surface area contributed by atoms with Crippen molar-refractivity contribution in [3.8, 4) is 0 Å². The van der Waals surface area contributed by atoms with Gasteiger partial charge in [-0.1, -0.05) is 24.3 Å². The van der Waals surface area contributed by atoms with Crippen molar-refractivity contribution < 1.29 is 9.90 Å². The Bertz CT molecular complexity index is 698. The molecule has 2 heterocycles. The largest absolute Gasteiger partial charge is 0.395 e. The van der Waals surface area contributed by atoms with E-state index in [1.54, 1.807) is 11.3 Å². The smallest absolute Gasteiger partial charge is 0.252 e. The lowest BCUT2D eigenvalue weighted by Crippen LogP contribution is -2.32. The van der Waals surface area contributed by atoms with Crippen LogP contribution in [-0.4, -0.2) is 35.1 Å². The van der Waals surface area contributed by atoms with Crippen LogP contribution in [0.15, 0.2) is 35.0 Å². The van der Waals surface area contributed by atoms with Crippen LogP contribution < -0.4 is 5.32 Å². The summed E-state index contributed by atoms with van der Waals surface area (Å²) in [4.78, 5) is 14.6. The Kier molecular flexibility index (Phi) is 5.66. The number of nitrogens with one attached hydrogen (secondary N) is 1. The fourth-order valence-corrected chi connectivity index (χ4v) is 4.11. The SMILES string of the molecule is Cc1cscc1C(=O)NCc1ccccc1CN1CCC[C@@H]1CO. The summed E-state index contributed by atoms with van der Waals surface area (Å²) in [6, 6.07) is 8.49. The second-order valence-electron chi connectivity index (χ2n) is 6.37. The summed E-state index contributed by atoms with van der Waals surface area (Å²) in [6.45, 7) is 4.56. The molecule has 128 valence electrons. The molecule has 1 fully saturated rings. The average Bonchev–Trinajstić information content (AvgIpc) is 3.22. The minimum atomic E-state index is -0.0158. The first-order chi connectivity index (χ1) is 11.7. The molecule has 0 saturated carbocycles. The van der Waals surface area contributed by atoms with Crippen LogP contribution in [0.3, 0.4) is 0 Å². The van der Waals surface area contributed by atoms with Crippen LogP contribution in [0.25, 0.3) is 0 Å². The summed E-state index contributed by atoms with van der Waals surface area (Å²) >= 11 is 1.55. The highest BCUT2D eigenvalue weighted by atomic mass is 32.1. The monoisotopic (exact) mass is 344 g/mol. The van der Waals surface area contributed by atoms with Gasteiger partial charge in [-0.15, -0.1) is 0 Å². The third-order valence-corrected chi connectivity index (χ3v) is 5.60. The predicted octanol–water partition coefficient (Wildman–Crippen LogP) is 2.94. The molecule has 1 amide bonds. The number of carbonyl (C=O) groups excluding carboxylic acids is 1. The topological polar surface area (TPSA) is 52.6 Å². The molecule has 0 bridgehead atoms. The first kappa shape index (κ1) is 17.1. The van der Waals surface area contributed by atoms with Crippen molar-refractivity contribution in [2.75, 3.05) is 13.2 Å². The molecule has 0 unspecified atom stereocenters. The molecule has 4 nitrogen and oxygen atoms in total. The number of hydrogen-bond acceptors (Lipinski definition) is 4. The van der Waals surface area contributed by atoms with Crippen molar-refractivity contribution in [2.24, 2.45) is 0 Å². The summed E-state index contributed by atoms with van der Waals surface area (Å²) in [6.07, 6.45) is 2.20. The van der Waals surface area contributed by atoms with Gasteiger partial charge in [0.1, 0.15) is 0 Å². The van der Waals surface area contributed by atoms with Crippen molar-refractivity contribution in [3.63, 3.8) is 0 Å². The molecule has 2 N–H and O–H groups in total. The van der Waals surface area contributed by atoms with E-state index < -0.39 is 0 Å². The van der Waals surface area contributed by atoms with E-state index in [0.29, 0.717) is 6.54 Å². The number of aliphatic hydroxyl groups excluding tert-OH is 1. The third-order valence-electron chi connectivity index (χ3n) is 4.74. The molecule has 2 aromatic rings. The van der Waals surface area contributed by atoms with Crippen LogP contribution >= 0.6 is 11.3 Å². The standard InChI is InChI=1S/C19H24N2O2S/c1-14-12-24-13-18(14)19(23)20-9-15-5-2-3-6-16(15)10-21-8-4-7-17(21)11-22/h2-3,5-6,12-13,17,22H,4,7-11H2,1H3,(H,20,23)/t17-/m1/s1. The molecule has 0 aliphatic carbocycles. The summed E-state index contributed by atoms with van der Waals surface area (Å²) < 4.78 is 0. The van der Waals surface area contributed by atoms with Gasteiger partial charge < -0.3 is 10.4 Å². The summed E-state index contributed by atoms with van der Waals surface area (Å²) in [5.74, 6) is -0.0158. The van der Waals surface area contributed by atoms with Gasteiger partial charge in [0.05, 0.1) is 12.2 Å². The highest BCUT2D eigenvalue weighted by Crippen LogP contribution is 2.21. The summed E-state index contributed by atoms with van der Waals surface area (Å²) in [7, 11) is 0. The number of amides is 1. The Morgan fingerprint density at radius 3 is 2.83 bits per heavy atom. The van der Waals surface area contributed by atoms with E-state index in [4.69, 9.17) is 0 Å². The van der Waals surface area contributed by atoms with E-state index in [-0.39, 0.29) is 18.6 Å². The van der Waals surface area contributed by atoms with Gasteiger partial charge in [-0.2, -0.15) is 11.3 Å². The minimum absolute atomic E-state index is 0.0158. The Hall–Kier alpha value is -1.69. The van der Waals surface area contributed by atoms with Gasteiger partial charge in [0.15, 0.2) is 0 Å². The van der Waals surface area contributed by atoms with E-state index >= 15 is 0 Å². The molecule has 3 rings (SSSR count). The lowest BCUT2D eigenvalue weighted by Gasteiger charge is -2.24.